The predicted octanol–water partition coefficient (Wildman–Crippen LogP) is 4.17. The molecular weight excluding hydrogens is 250 g/mol. The van der Waals surface area contributed by atoms with Crippen LogP contribution in [0.3, 0.4) is 0 Å². The summed E-state index contributed by atoms with van der Waals surface area (Å²) in [5, 5.41) is 21.5. The zero-order valence-corrected chi connectivity index (χ0v) is 11.8. The summed E-state index contributed by atoms with van der Waals surface area (Å²) in [5.41, 5.74) is 5.04. The van der Waals surface area contributed by atoms with Gasteiger partial charge in [-0.2, -0.15) is 0 Å². The summed E-state index contributed by atoms with van der Waals surface area (Å²) in [6.07, 6.45) is 0. The van der Waals surface area contributed by atoms with E-state index < -0.39 is 0 Å². The molecule has 3 rings (SSSR count). The average Bonchev–Trinajstić information content (AvgIpc) is 2.73. The number of hydrogen-bond donors (Lipinski definition) is 3. The number of nitrogens with one attached hydrogen (secondary N) is 1. The van der Waals surface area contributed by atoms with E-state index in [-0.39, 0.29) is 11.5 Å². The van der Waals surface area contributed by atoms with Crippen LogP contribution < -0.4 is 0 Å². The Morgan fingerprint density at radius 2 is 1.65 bits per heavy atom. The second kappa shape index (κ2) is 4.30. The average molecular weight is 267 g/mol. The van der Waals surface area contributed by atoms with Crippen LogP contribution in [0.5, 0.6) is 11.5 Å². The van der Waals surface area contributed by atoms with Gasteiger partial charge in [-0.15, -0.1) is 0 Å². The van der Waals surface area contributed by atoms with E-state index in [1.807, 2.05) is 38.1 Å². The van der Waals surface area contributed by atoms with Crippen molar-refractivity contribution < 1.29 is 10.2 Å². The van der Waals surface area contributed by atoms with Gasteiger partial charge in [0.1, 0.15) is 11.5 Å². The fraction of sp³-hybridized carbons (Fsp3) is 0.176. The first-order valence-electron chi connectivity index (χ1n) is 6.60. The maximum absolute atomic E-state index is 10.3. The summed E-state index contributed by atoms with van der Waals surface area (Å²) >= 11 is 0. The van der Waals surface area contributed by atoms with Crippen molar-refractivity contribution in [3.05, 3.63) is 47.2 Å². The molecule has 1 aromatic heterocycles. The highest BCUT2D eigenvalue weighted by molar-refractivity contribution is 6.00. The fourth-order valence-electron chi connectivity index (χ4n) is 2.87. The van der Waals surface area contributed by atoms with Crippen molar-refractivity contribution in [2.45, 2.75) is 20.8 Å². The molecule has 0 saturated carbocycles. The number of fused-ring (bicyclic) bond motifs is 1. The summed E-state index contributed by atoms with van der Waals surface area (Å²) < 4.78 is 0. The molecule has 0 unspecified atom stereocenters. The van der Waals surface area contributed by atoms with E-state index in [2.05, 4.69) is 4.98 Å². The summed E-state index contributed by atoms with van der Waals surface area (Å²) in [4.78, 5) is 3.32. The predicted molar refractivity (Wildman–Crippen MR) is 81.3 cm³/mol. The minimum Gasteiger partial charge on any atom is -0.507 e. The lowest BCUT2D eigenvalue weighted by molar-refractivity contribution is 0.454. The van der Waals surface area contributed by atoms with Crippen molar-refractivity contribution in [2.24, 2.45) is 0 Å². The largest absolute Gasteiger partial charge is 0.507 e. The number of phenols is 2. The third kappa shape index (κ3) is 1.67. The van der Waals surface area contributed by atoms with Crippen LogP contribution in [0.4, 0.5) is 0 Å². The molecule has 0 bridgehead atoms. The normalized spacial score (nSPS) is 11.2. The lowest BCUT2D eigenvalue weighted by Gasteiger charge is -2.13. The van der Waals surface area contributed by atoms with E-state index in [4.69, 9.17) is 0 Å². The van der Waals surface area contributed by atoms with Crippen LogP contribution in [0.25, 0.3) is 22.0 Å². The number of benzene rings is 2. The SMILES string of the molecule is Cc1cc(O)c(-c2c(C)[nH]c3ccccc23)c(C)c1O. The zero-order chi connectivity index (χ0) is 14.4. The first-order chi connectivity index (χ1) is 9.50. The first-order valence-corrected chi connectivity index (χ1v) is 6.60. The van der Waals surface area contributed by atoms with Gasteiger partial charge in [0.05, 0.1) is 0 Å². The van der Waals surface area contributed by atoms with Crippen molar-refractivity contribution in [3.8, 4) is 22.6 Å². The minimum absolute atomic E-state index is 0.200. The van der Waals surface area contributed by atoms with Crippen LogP contribution in [0.2, 0.25) is 0 Å². The van der Waals surface area contributed by atoms with Gasteiger partial charge < -0.3 is 15.2 Å². The number of aryl methyl sites for hydroxylation is 2. The highest BCUT2D eigenvalue weighted by Crippen LogP contribution is 2.43. The number of aromatic amines is 1. The van der Waals surface area contributed by atoms with Gasteiger partial charge in [0, 0.05) is 33.3 Å². The van der Waals surface area contributed by atoms with Crippen molar-refractivity contribution in [3.63, 3.8) is 0 Å². The fourth-order valence-corrected chi connectivity index (χ4v) is 2.87. The quantitative estimate of drug-likeness (QED) is 0.579. The van der Waals surface area contributed by atoms with Crippen LogP contribution in [-0.4, -0.2) is 15.2 Å². The van der Waals surface area contributed by atoms with E-state index >= 15 is 0 Å². The molecule has 20 heavy (non-hydrogen) atoms. The molecule has 0 amide bonds. The standard InChI is InChI=1S/C17H17NO2/c1-9-8-14(19)15(10(2)17(9)20)16-11(3)18-13-7-5-4-6-12(13)16/h4-8,18-20H,1-3H3. The molecule has 0 aliphatic heterocycles. The minimum atomic E-state index is 0.200. The second-order valence-electron chi connectivity index (χ2n) is 5.23. The Balaban J connectivity index is 2.43. The van der Waals surface area contributed by atoms with E-state index in [0.717, 1.165) is 22.2 Å². The highest BCUT2D eigenvalue weighted by Gasteiger charge is 2.19. The number of phenolic OH excluding ortho intramolecular Hbond substituents is 2. The highest BCUT2D eigenvalue weighted by atomic mass is 16.3. The van der Waals surface area contributed by atoms with Gasteiger partial charge in [-0.25, -0.2) is 0 Å². The van der Waals surface area contributed by atoms with Crippen LogP contribution in [0.15, 0.2) is 30.3 Å². The van der Waals surface area contributed by atoms with E-state index in [1.165, 1.54) is 0 Å². The number of hydrogen-bond acceptors (Lipinski definition) is 2. The molecule has 0 atom stereocenters. The van der Waals surface area contributed by atoms with Crippen LogP contribution in [0, 0.1) is 20.8 Å². The molecular formula is C17H17NO2. The molecule has 0 saturated heterocycles. The molecule has 0 aliphatic carbocycles. The van der Waals surface area contributed by atoms with E-state index in [9.17, 15) is 10.2 Å². The summed E-state index contributed by atoms with van der Waals surface area (Å²) in [6.45, 7) is 5.59. The van der Waals surface area contributed by atoms with Gasteiger partial charge in [-0.05, 0) is 38.5 Å². The Morgan fingerprint density at radius 3 is 2.40 bits per heavy atom. The van der Waals surface area contributed by atoms with Gasteiger partial charge >= 0.3 is 0 Å². The number of rotatable bonds is 1. The molecule has 102 valence electrons. The van der Waals surface area contributed by atoms with Gasteiger partial charge in [0.25, 0.3) is 0 Å². The molecule has 3 N–H and O–H groups in total. The Bertz CT molecular complexity index is 815. The number of H-pyrrole nitrogens is 1. The lowest BCUT2D eigenvalue weighted by atomic mass is 9.94. The third-order valence-corrected chi connectivity index (χ3v) is 3.86. The van der Waals surface area contributed by atoms with E-state index in [1.54, 1.807) is 13.0 Å². The summed E-state index contributed by atoms with van der Waals surface area (Å²) in [5.74, 6) is 0.438. The molecule has 2 aromatic carbocycles. The molecule has 1 heterocycles. The smallest absolute Gasteiger partial charge is 0.124 e. The van der Waals surface area contributed by atoms with Gasteiger partial charge in [-0.3, -0.25) is 0 Å². The van der Waals surface area contributed by atoms with Crippen LogP contribution in [0.1, 0.15) is 16.8 Å². The second-order valence-corrected chi connectivity index (χ2v) is 5.23. The third-order valence-electron chi connectivity index (χ3n) is 3.86. The Morgan fingerprint density at radius 1 is 0.950 bits per heavy atom. The summed E-state index contributed by atoms with van der Waals surface area (Å²) in [7, 11) is 0. The summed E-state index contributed by atoms with van der Waals surface area (Å²) in [6, 6.07) is 9.58. The van der Waals surface area contributed by atoms with Gasteiger partial charge in [0.2, 0.25) is 0 Å². The van der Waals surface area contributed by atoms with Crippen LogP contribution in [-0.2, 0) is 0 Å². The van der Waals surface area contributed by atoms with Gasteiger partial charge in [0.15, 0.2) is 0 Å². The molecule has 0 aliphatic rings. The molecule has 3 heteroatoms. The number of para-hydroxylation sites is 1. The Labute approximate surface area is 117 Å². The van der Waals surface area contributed by atoms with Crippen molar-refractivity contribution in [1.29, 1.82) is 0 Å². The number of aromatic hydroxyl groups is 2. The molecule has 3 nitrogen and oxygen atoms in total. The molecule has 3 aromatic rings. The Hall–Kier alpha value is -2.42. The molecule has 0 spiro atoms. The van der Waals surface area contributed by atoms with Gasteiger partial charge in [-0.1, -0.05) is 18.2 Å². The van der Waals surface area contributed by atoms with Crippen LogP contribution >= 0.6 is 0 Å². The Kier molecular flexibility index (Phi) is 2.71. The first kappa shape index (κ1) is 12.6. The zero-order valence-electron chi connectivity index (χ0n) is 11.8. The monoisotopic (exact) mass is 267 g/mol. The molecule has 0 fully saturated rings. The topological polar surface area (TPSA) is 56.2 Å². The van der Waals surface area contributed by atoms with Crippen molar-refractivity contribution in [1.82, 2.24) is 4.98 Å². The number of aromatic nitrogens is 1. The van der Waals surface area contributed by atoms with Crippen molar-refractivity contribution >= 4 is 10.9 Å². The lowest BCUT2D eigenvalue weighted by Crippen LogP contribution is -1.89. The molecule has 0 radical (unpaired) electrons. The van der Waals surface area contributed by atoms with E-state index in [0.29, 0.717) is 16.7 Å². The van der Waals surface area contributed by atoms with Crippen molar-refractivity contribution in [2.75, 3.05) is 0 Å². The maximum Gasteiger partial charge on any atom is 0.124 e. The maximum atomic E-state index is 10.3.